The van der Waals surface area contributed by atoms with Crippen molar-refractivity contribution in [3.05, 3.63) is 58.7 Å². The minimum Gasteiger partial charge on any atom is -0.490 e. The van der Waals surface area contributed by atoms with Crippen molar-refractivity contribution in [3.63, 3.8) is 0 Å². The van der Waals surface area contributed by atoms with Gasteiger partial charge in [-0.15, -0.1) is 0 Å². The molecule has 0 atom stereocenters. The third-order valence-corrected chi connectivity index (χ3v) is 4.15. The number of hydrogen-bond donors (Lipinski definition) is 1. The number of anilines is 1. The van der Waals surface area contributed by atoms with Crippen LogP contribution >= 0.6 is 0 Å². The predicted molar refractivity (Wildman–Crippen MR) is 113 cm³/mol. The van der Waals surface area contributed by atoms with Crippen molar-refractivity contribution < 1.29 is 23.8 Å². The minimum absolute atomic E-state index is 0.0550. The van der Waals surface area contributed by atoms with E-state index in [-0.39, 0.29) is 12.2 Å². The second-order valence-electron chi connectivity index (χ2n) is 6.45. The molecule has 2 aromatic rings. The molecule has 2 rings (SSSR count). The first-order chi connectivity index (χ1) is 14.4. The summed E-state index contributed by atoms with van der Waals surface area (Å²) in [6, 6.07) is 12.5. The van der Waals surface area contributed by atoms with Gasteiger partial charge in [0.25, 0.3) is 5.91 Å². The molecular formula is C23H24N2O5. The molecule has 0 unspecified atom stereocenters. The van der Waals surface area contributed by atoms with Crippen molar-refractivity contribution in [2.24, 2.45) is 0 Å². The van der Waals surface area contributed by atoms with Crippen LogP contribution in [0.2, 0.25) is 0 Å². The van der Waals surface area contributed by atoms with Crippen molar-refractivity contribution >= 4 is 23.6 Å². The Bertz CT molecular complexity index is 1010. The van der Waals surface area contributed by atoms with Gasteiger partial charge in [-0.05, 0) is 56.2 Å². The molecule has 0 spiro atoms. The van der Waals surface area contributed by atoms with E-state index in [0.717, 1.165) is 11.1 Å². The molecule has 0 radical (unpaired) electrons. The van der Waals surface area contributed by atoms with Crippen molar-refractivity contribution in [2.45, 2.75) is 20.8 Å². The Morgan fingerprint density at radius 1 is 1.10 bits per heavy atom. The molecule has 2 aromatic carbocycles. The van der Waals surface area contributed by atoms with E-state index in [4.69, 9.17) is 9.47 Å². The molecule has 0 heterocycles. The van der Waals surface area contributed by atoms with Gasteiger partial charge in [0.15, 0.2) is 18.1 Å². The second-order valence-corrected chi connectivity index (χ2v) is 6.45. The smallest absolute Gasteiger partial charge is 0.343 e. The number of hydrogen-bond acceptors (Lipinski definition) is 6. The number of nitrogens with one attached hydrogen (secondary N) is 1. The lowest BCUT2D eigenvalue weighted by Gasteiger charge is -2.12. The molecule has 0 aliphatic carbocycles. The number of ether oxygens (including phenoxy) is 3. The third-order valence-electron chi connectivity index (χ3n) is 4.15. The summed E-state index contributed by atoms with van der Waals surface area (Å²) in [4.78, 5) is 23.9. The predicted octanol–water partition coefficient (Wildman–Crippen LogP) is 3.80. The summed E-state index contributed by atoms with van der Waals surface area (Å²) in [6.45, 7) is 5.78. The Kier molecular flexibility index (Phi) is 8.00. The van der Waals surface area contributed by atoms with E-state index in [9.17, 15) is 14.9 Å². The highest BCUT2D eigenvalue weighted by Crippen LogP contribution is 2.29. The largest absolute Gasteiger partial charge is 0.490 e. The van der Waals surface area contributed by atoms with Crippen molar-refractivity contribution in [2.75, 3.05) is 25.6 Å². The lowest BCUT2D eigenvalue weighted by atomic mass is 10.1. The second kappa shape index (κ2) is 10.7. The molecule has 0 saturated heterocycles. The van der Waals surface area contributed by atoms with Gasteiger partial charge in [0.2, 0.25) is 0 Å². The molecule has 0 bridgehead atoms. The summed E-state index contributed by atoms with van der Waals surface area (Å²) in [6.07, 6.45) is 1.46. The lowest BCUT2D eigenvalue weighted by Crippen LogP contribution is -2.14. The quantitative estimate of drug-likeness (QED) is 0.405. The van der Waals surface area contributed by atoms with Crippen LogP contribution < -0.4 is 14.8 Å². The molecule has 30 heavy (non-hydrogen) atoms. The number of amides is 1. The maximum absolute atomic E-state index is 12.6. The van der Waals surface area contributed by atoms with E-state index in [2.05, 4.69) is 10.1 Å². The normalized spacial score (nSPS) is 10.7. The van der Waals surface area contributed by atoms with E-state index >= 15 is 0 Å². The number of methoxy groups -OCH3 is 1. The van der Waals surface area contributed by atoms with Crippen LogP contribution in [0.15, 0.2) is 42.0 Å². The monoisotopic (exact) mass is 408 g/mol. The molecule has 1 N–H and O–H groups in total. The van der Waals surface area contributed by atoms with Crippen LogP contribution in [-0.2, 0) is 14.3 Å². The Morgan fingerprint density at radius 2 is 1.87 bits per heavy atom. The molecule has 0 aromatic heterocycles. The number of carbonyl (C=O) groups is 2. The number of esters is 1. The SMILES string of the molecule is CCOc1cc(/C=C(\C#N)C(=O)Nc2ccc(C)cc2C)ccc1OCC(=O)OC. The van der Waals surface area contributed by atoms with Crippen LogP contribution in [0.3, 0.4) is 0 Å². The number of rotatable bonds is 8. The van der Waals surface area contributed by atoms with Gasteiger partial charge in [0.05, 0.1) is 13.7 Å². The number of nitriles is 1. The zero-order chi connectivity index (χ0) is 22.1. The Balaban J connectivity index is 2.24. The summed E-state index contributed by atoms with van der Waals surface area (Å²) in [5, 5.41) is 12.2. The van der Waals surface area contributed by atoms with Gasteiger partial charge >= 0.3 is 5.97 Å². The van der Waals surface area contributed by atoms with Crippen LogP contribution in [-0.4, -0.2) is 32.2 Å². The Morgan fingerprint density at radius 3 is 2.50 bits per heavy atom. The number of nitrogens with zero attached hydrogens (tertiary/aromatic N) is 1. The van der Waals surface area contributed by atoms with Gasteiger partial charge in [0, 0.05) is 5.69 Å². The first-order valence-corrected chi connectivity index (χ1v) is 9.34. The summed E-state index contributed by atoms with van der Waals surface area (Å²) in [7, 11) is 1.27. The zero-order valence-electron chi connectivity index (χ0n) is 17.4. The molecule has 7 nitrogen and oxygen atoms in total. The molecule has 0 aliphatic heterocycles. The number of aryl methyl sites for hydroxylation is 2. The lowest BCUT2D eigenvalue weighted by molar-refractivity contribution is -0.142. The molecule has 0 saturated carbocycles. The molecular weight excluding hydrogens is 384 g/mol. The zero-order valence-corrected chi connectivity index (χ0v) is 17.4. The van der Waals surface area contributed by atoms with Crippen molar-refractivity contribution in [1.29, 1.82) is 5.26 Å². The van der Waals surface area contributed by atoms with Crippen LogP contribution in [0.1, 0.15) is 23.6 Å². The highest BCUT2D eigenvalue weighted by Gasteiger charge is 2.13. The van der Waals surface area contributed by atoms with E-state index in [1.807, 2.05) is 39.0 Å². The maximum Gasteiger partial charge on any atom is 0.343 e. The fraction of sp³-hybridized carbons (Fsp3) is 0.261. The first-order valence-electron chi connectivity index (χ1n) is 9.34. The summed E-state index contributed by atoms with van der Waals surface area (Å²) in [5.41, 5.74) is 3.16. The summed E-state index contributed by atoms with van der Waals surface area (Å²) < 4.78 is 15.5. The Labute approximate surface area is 175 Å². The van der Waals surface area contributed by atoms with Crippen LogP contribution in [0.5, 0.6) is 11.5 Å². The molecule has 7 heteroatoms. The van der Waals surface area contributed by atoms with Gasteiger partial charge < -0.3 is 19.5 Å². The van der Waals surface area contributed by atoms with E-state index in [1.54, 1.807) is 24.3 Å². The first kappa shape index (κ1) is 22.5. The van der Waals surface area contributed by atoms with Crippen molar-refractivity contribution in [3.8, 4) is 17.6 Å². The average molecular weight is 408 g/mol. The fourth-order valence-corrected chi connectivity index (χ4v) is 2.66. The topological polar surface area (TPSA) is 97.6 Å². The standard InChI is InChI=1S/C23H24N2O5/c1-5-29-21-12-17(7-9-20(21)30-14-22(26)28-4)11-18(13-24)23(27)25-19-8-6-15(2)10-16(19)3/h6-12H,5,14H2,1-4H3,(H,25,27)/b18-11+. The van der Waals surface area contributed by atoms with Crippen LogP contribution in [0.4, 0.5) is 5.69 Å². The summed E-state index contributed by atoms with van der Waals surface area (Å²) in [5.74, 6) is -0.274. The van der Waals surface area contributed by atoms with Crippen LogP contribution in [0.25, 0.3) is 6.08 Å². The van der Waals surface area contributed by atoms with Gasteiger partial charge in [-0.25, -0.2) is 4.79 Å². The third kappa shape index (κ3) is 6.11. The fourth-order valence-electron chi connectivity index (χ4n) is 2.66. The van der Waals surface area contributed by atoms with Gasteiger partial charge in [-0.3, -0.25) is 4.79 Å². The summed E-state index contributed by atoms with van der Waals surface area (Å²) >= 11 is 0. The highest BCUT2D eigenvalue weighted by atomic mass is 16.6. The molecule has 1 amide bonds. The van der Waals surface area contributed by atoms with Gasteiger partial charge in [-0.1, -0.05) is 23.8 Å². The average Bonchev–Trinajstić information content (AvgIpc) is 2.73. The Hall–Kier alpha value is -3.79. The van der Waals surface area contributed by atoms with Gasteiger partial charge in [-0.2, -0.15) is 5.26 Å². The molecule has 156 valence electrons. The molecule has 0 aliphatic rings. The number of carbonyl (C=O) groups excluding carboxylic acids is 2. The van der Waals surface area contributed by atoms with Gasteiger partial charge in [0.1, 0.15) is 11.6 Å². The van der Waals surface area contributed by atoms with Crippen molar-refractivity contribution in [1.82, 2.24) is 0 Å². The van der Waals surface area contributed by atoms with E-state index in [1.165, 1.54) is 13.2 Å². The van der Waals surface area contributed by atoms with Crippen LogP contribution in [0, 0.1) is 25.2 Å². The number of benzene rings is 2. The maximum atomic E-state index is 12.6. The highest BCUT2D eigenvalue weighted by molar-refractivity contribution is 6.10. The molecule has 0 fully saturated rings. The minimum atomic E-state index is -0.517. The van der Waals surface area contributed by atoms with E-state index in [0.29, 0.717) is 29.4 Å². The van der Waals surface area contributed by atoms with E-state index < -0.39 is 11.9 Å².